The van der Waals surface area contributed by atoms with E-state index in [9.17, 15) is 9.59 Å². The lowest BCUT2D eigenvalue weighted by atomic mass is 10.2. The molecule has 132 valence electrons. The molecule has 0 aliphatic heterocycles. The summed E-state index contributed by atoms with van der Waals surface area (Å²) in [5.74, 6) is -0.371. The third-order valence-corrected chi connectivity index (χ3v) is 4.16. The molecule has 2 rings (SSSR count). The Morgan fingerprint density at radius 3 is 2.24 bits per heavy atom. The lowest BCUT2D eigenvalue weighted by Gasteiger charge is -2.16. The van der Waals surface area contributed by atoms with Crippen molar-refractivity contribution in [1.29, 1.82) is 0 Å². The predicted molar refractivity (Wildman–Crippen MR) is 105 cm³/mol. The van der Waals surface area contributed by atoms with E-state index < -0.39 is 0 Å². The molecule has 5 nitrogen and oxygen atoms in total. The first-order valence-corrected chi connectivity index (χ1v) is 8.80. The van der Waals surface area contributed by atoms with Crippen molar-refractivity contribution in [1.82, 2.24) is 4.90 Å². The minimum absolute atomic E-state index is 0.107. The minimum atomic E-state index is -0.197. The second kappa shape index (κ2) is 8.99. The van der Waals surface area contributed by atoms with Gasteiger partial charge in [-0.3, -0.25) is 14.5 Å². The van der Waals surface area contributed by atoms with Crippen molar-refractivity contribution in [3.8, 4) is 0 Å². The van der Waals surface area contributed by atoms with E-state index >= 15 is 0 Å². The van der Waals surface area contributed by atoms with Crippen molar-refractivity contribution in [2.75, 3.05) is 30.8 Å². The van der Waals surface area contributed by atoms with Gasteiger partial charge in [0.15, 0.2) is 0 Å². The molecular weight excluding hydrogens is 406 g/mol. The molecule has 2 N–H and O–H groups in total. The number of hydrogen-bond acceptors (Lipinski definition) is 3. The molecule has 2 aromatic rings. The van der Waals surface area contributed by atoms with Gasteiger partial charge in [-0.25, -0.2) is 0 Å². The molecule has 0 spiro atoms. The van der Waals surface area contributed by atoms with Crippen molar-refractivity contribution in [3.05, 3.63) is 57.5 Å². The molecule has 2 amide bonds. The molecule has 0 radical (unpaired) electrons. The Balaban J connectivity index is 1.82. The summed E-state index contributed by atoms with van der Waals surface area (Å²) in [7, 11) is 1.72. The predicted octanol–water partition coefficient (Wildman–Crippen LogP) is 3.92. The van der Waals surface area contributed by atoms with Crippen LogP contribution in [0.4, 0.5) is 11.4 Å². The molecule has 2 aromatic carbocycles. The molecule has 7 heteroatoms. The highest BCUT2D eigenvalue weighted by Crippen LogP contribution is 2.20. The van der Waals surface area contributed by atoms with Gasteiger partial charge in [-0.05, 0) is 62.0 Å². The lowest BCUT2D eigenvalue weighted by Crippen LogP contribution is -2.36. The smallest absolute Gasteiger partial charge is 0.238 e. The highest BCUT2D eigenvalue weighted by atomic mass is 79.9. The number of benzene rings is 2. The van der Waals surface area contributed by atoms with Crippen LogP contribution in [0.3, 0.4) is 0 Å². The van der Waals surface area contributed by atoms with E-state index in [1.807, 2.05) is 25.1 Å². The first-order valence-electron chi connectivity index (χ1n) is 7.63. The SMILES string of the molecule is Cc1cc(Br)ccc1NC(=O)CN(C)CC(=O)Nc1ccc(Cl)cc1. The number of anilines is 2. The van der Waals surface area contributed by atoms with Crippen LogP contribution in [0, 0.1) is 6.92 Å². The average molecular weight is 425 g/mol. The van der Waals surface area contributed by atoms with E-state index in [0.717, 1.165) is 15.7 Å². The van der Waals surface area contributed by atoms with E-state index in [1.165, 1.54) is 0 Å². The number of nitrogens with one attached hydrogen (secondary N) is 2. The number of carbonyl (C=O) groups is 2. The zero-order chi connectivity index (χ0) is 18.4. The largest absolute Gasteiger partial charge is 0.325 e. The van der Waals surface area contributed by atoms with Gasteiger partial charge in [0, 0.05) is 20.9 Å². The Labute approximate surface area is 160 Å². The molecule has 0 bridgehead atoms. The molecule has 0 unspecified atom stereocenters. The number of hydrogen-bond donors (Lipinski definition) is 2. The van der Waals surface area contributed by atoms with E-state index in [4.69, 9.17) is 11.6 Å². The van der Waals surface area contributed by atoms with Gasteiger partial charge < -0.3 is 10.6 Å². The Hall–Kier alpha value is -1.89. The standard InChI is InChI=1S/C18H19BrClN3O2/c1-12-9-13(19)3-8-16(12)22-18(25)11-23(2)10-17(24)21-15-6-4-14(20)5-7-15/h3-9H,10-11H2,1-2H3,(H,21,24)(H,22,25). The van der Waals surface area contributed by atoms with Gasteiger partial charge in [-0.2, -0.15) is 0 Å². The summed E-state index contributed by atoms with van der Waals surface area (Å²) in [4.78, 5) is 25.8. The van der Waals surface area contributed by atoms with Gasteiger partial charge in [0.25, 0.3) is 0 Å². The summed E-state index contributed by atoms with van der Waals surface area (Å²) in [6.07, 6.45) is 0. The number of nitrogens with zero attached hydrogens (tertiary/aromatic N) is 1. The van der Waals surface area contributed by atoms with Crippen LogP contribution in [-0.4, -0.2) is 36.9 Å². The third kappa shape index (κ3) is 6.49. The quantitative estimate of drug-likeness (QED) is 0.739. The maximum Gasteiger partial charge on any atom is 0.238 e. The number of carbonyl (C=O) groups excluding carboxylic acids is 2. The van der Waals surface area contributed by atoms with Gasteiger partial charge in [0.05, 0.1) is 13.1 Å². The number of aryl methyl sites for hydroxylation is 1. The molecule has 0 aliphatic carbocycles. The fourth-order valence-electron chi connectivity index (χ4n) is 2.24. The van der Waals surface area contributed by atoms with Crippen LogP contribution < -0.4 is 10.6 Å². The third-order valence-electron chi connectivity index (χ3n) is 3.42. The number of halogens is 2. The zero-order valence-corrected chi connectivity index (χ0v) is 16.3. The van der Waals surface area contributed by atoms with Crippen LogP contribution in [0.2, 0.25) is 5.02 Å². The van der Waals surface area contributed by atoms with Gasteiger partial charge in [-0.15, -0.1) is 0 Å². The van der Waals surface area contributed by atoms with Crippen molar-refractivity contribution in [2.45, 2.75) is 6.92 Å². The van der Waals surface area contributed by atoms with Gasteiger partial charge >= 0.3 is 0 Å². The summed E-state index contributed by atoms with van der Waals surface area (Å²) >= 11 is 9.20. The second-order valence-electron chi connectivity index (χ2n) is 5.73. The number of amides is 2. The van der Waals surface area contributed by atoms with Crippen LogP contribution in [0.1, 0.15) is 5.56 Å². The summed E-state index contributed by atoms with van der Waals surface area (Å²) in [6.45, 7) is 2.14. The topological polar surface area (TPSA) is 61.4 Å². The zero-order valence-electron chi connectivity index (χ0n) is 14.0. The molecule has 0 atom stereocenters. The normalized spacial score (nSPS) is 10.6. The Kier molecular flexibility index (Phi) is 6.99. The average Bonchev–Trinajstić information content (AvgIpc) is 2.52. The van der Waals surface area contributed by atoms with Crippen molar-refractivity contribution in [2.24, 2.45) is 0 Å². The minimum Gasteiger partial charge on any atom is -0.325 e. The molecule has 0 heterocycles. The van der Waals surface area contributed by atoms with Crippen LogP contribution in [0.25, 0.3) is 0 Å². The van der Waals surface area contributed by atoms with Crippen LogP contribution in [0.5, 0.6) is 0 Å². The van der Waals surface area contributed by atoms with Crippen molar-refractivity contribution < 1.29 is 9.59 Å². The van der Waals surface area contributed by atoms with Gasteiger partial charge in [0.1, 0.15) is 0 Å². The number of rotatable bonds is 6. The molecular formula is C18H19BrClN3O2. The second-order valence-corrected chi connectivity index (χ2v) is 7.09. The van der Waals surface area contributed by atoms with Crippen LogP contribution in [0.15, 0.2) is 46.9 Å². The highest BCUT2D eigenvalue weighted by Gasteiger charge is 2.12. The van der Waals surface area contributed by atoms with E-state index in [0.29, 0.717) is 10.7 Å². The lowest BCUT2D eigenvalue weighted by molar-refractivity contribution is -0.119. The molecule has 0 saturated carbocycles. The summed E-state index contributed by atoms with van der Waals surface area (Å²) in [6, 6.07) is 12.5. The summed E-state index contributed by atoms with van der Waals surface area (Å²) < 4.78 is 0.957. The Bertz CT molecular complexity index is 765. The fraction of sp³-hybridized carbons (Fsp3) is 0.222. The van der Waals surface area contributed by atoms with Gasteiger partial charge in [-0.1, -0.05) is 27.5 Å². The highest BCUT2D eigenvalue weighted by molar-refractivity contribution is 9.10. The summed E-state index contributed by atoms with van der Waals surface area (Å²) in [5, 5.41) is 6.22. The first kappa shape index (κ1) is 19.4. The monoisotopic (exact) mass is 423 g/mol. The van der Waals surface area contributed by atoms with Gasteiger partial charge in [0.2, 0.25) is 11.8 Å². The molecule has 0 aliphatic rings. The first-order chi connectivity index (χ1) is 11.8. The molecule has 0 aromatic heterocycles. The van der Waals surface area contributed by atoms with Crippen LogP contribution >= 0.6 is 27.5 Å². The van der Waals surface area contributed by atoms with E-state index in [-0.39, 0.29) is 24.9 Å². The Morgan fingerprint density at radius 1 is 1.04 bits per heavy atom. The van der Waals surface area contributed by atoms with E-state index in [1.54, 1.807) is 36.2 Å². The van der Waals surface area contributed by atoms with Crippen molar-refractivity contribution in [3.63, 3.8) is 0 Å². The maximum absolute atomic E-state index is 12.1. The van der Waals surface area contributed by atoms with E-state index in [2.05, 4.69) is 26.6 Å². The Morgan fingerprint density at radius 2 is 1.64 bits per heavy atom. The van der Waals surface area contributed by atoms with Crippen molar-refractivity contribution >= 4 is 50.7 Å². The molecule has 25 heavy (non-hydrogen) atoms. The maximum atomic E-state index is 12.1. The van der Waals surface area contributed by atoms with Crippen LogP contribution in [-0.2, 0) is 9.59 Å². The number of likely N-dealkylation sites (N-methyl/N-ethyl adjacent to an activating group) is 1. The molecule has 0 fully saturated rings. The fourth-order valence-corrected chi connectivity index (χ4v) is 2.84. The summed E-state index contributed by atoms with van der Waals surface area (Å²) in [5.41, 5.74) is 2.39. The molecule has 0 saturated heterocycles.